The first kappa shape index (κ1) is 30.7. The zero-order chi connectivity index (χ0) is 32.0. The van der Waals surface area contributed by atoms with Crippen molar-refractivity contribution in [3.8, 4) is 0 Å². The number of ether oxygens (including phenoxy) is 1. The first-order chi connectivity index (χ1) is 23.1. The Balaban J connectivity index is 0.939. The van der Waals surface area contributed by atoms with Crippen LogP contribution in [0, 0.1) is 0 Å². The second-order valence-electron chi connectivity index (χ2n) is 11.7. The van der Waals surface area contributed by atoms with Gasteiger partial charge in [-0.25, -0.2) is 10.2 Å². The molecule has 3 aliphatic heterocycles. The molecule has 0 aliphatic carbocycles. The number of nitrogens with one attached hydrogen (secondary N) is 6. The van der Waals surface area contributed by atoms with E-state index in [1.54, 1.807) is 6.21 Å². The molecule has 47 heavy (non-hydrogen) atoms. The second-order valence-corrected chi connectivity index (χ2v) is 12.9. The number of carbonyl (C=O) groups is 2. The van der Waals surface area contributed by atoms with Gasteiger partial charge in [-0.2, -0.15) is 31.8 Å². The largest absolute Gasteiger partial charge is 0.378 e. The van der Waals surface area contributed by atoms with Gasteiger partial charge in [0.1, 0.15) is 0 Å². The molecule has 0 bridgehead atoms. The van der Waals surface area contributed by atoms with E-state index in [2.05, 4.69) is 56.6 Å². The Morgan fingerprint density at radius 3 is 2.70 bits per heavy atom. The third-order valence-corrected chi connectivity index (χ3v) is 9.92. The molecule has 3 amide bonds. The lowest BCUT2D eigenvalue weighted by Gasteiger charge is -2.27. The van der Waals surface area contributed by atoms with E-state index in [-0.39, 0.29) is 24.0 Å². The quantitative estimate of drug-likeness (QED) is 0.0566. The minimum atomic E-state index is -0.0680. The van der Waals surface area contributed by atoms with Gasteiger partial charge < -0.3 is 35.9 Å². The van der Waals surface area contributed by atoms with Crippen molar-refractivity contribution in [2.75, 3.05) is 53.0 Å². The summed E-state index contributed by atoms with van der Waals surface area (Å²) >= 11 is 1.90. The normalized spacial score (nSPS) is 20.6. The lowest BCUT2D eigenvalue weighted by Crippen LogP contribution is -2.37. The molecule has 3 saturated heterocycles. The lowest BCUT2D eigenvalue weighted by molar-refractivity contribution is -0.116. The SMILES string of the molecule is O=C(CCCCC1SCC2NC(=O)NC21)Nc1ccc(Nc2nc(N/N=C/c3c[nH]c4ccccc34)nc(N3CCOCC3)n2)cc1. The molecule has 7 rings (SSSR count). The number of carbonyl (C=O) groups excluding carboxylic acids is 2. The Kier molecular flexibility index (Phi) is 9.33. The number of benzene rings is 2. The Hall–Kier alpha value is -4.89. The van der Waals surface area contributed by atoms with Crippen molar-refractivity contribution in [2.45, 2.75) is 43.0 Å². The van der Waals surface area contributed by atoms with Crippen molar-refractivity contribution in [2.24, 2.45) is 5.10 Å². The molecule has 3 unspecified atom stereocenters. The molecule has 2 aromatic carbocycles. The molecule has 5 heterocycles. The van der Waals surface area contributed by atoms with E-state index < -0.39 is 0 Å². The van der Waals surface area contributed by atoms with Crippen LogP contribution in [0.4, 0.5) is 34.0 Å². The number of aromatic nitrogens is 4. The number of amides is 3. The van der Waals surface area contributed by atoms with Crippen LogP contribution in [0.3, 0.4) is 0 Å². The third kappa shape index (κ3) is 7.58. The molecule has 3 atom stereocenters. The fourth-order valence-corrected chi connectivity index (χ4v) is 7.54. The molecular weight excluding hydrogens is 618 g/mol. The summed E-state index contributed by atoms with van der Waals surface area (Å²) in [6.07, 6.45) is 6.81. The number of rotatable bonds is 12. The van der Waals surface area contributed by atoms with Crippen LogP contribution in [0.1, 0.15) is 31.2 Å². The number of hydrogen-bond donors (Lipinski definition) is 6. The highest BCUT2D eigenvalue weighted by Gasteiger charge is 2.42. The highest BCUT2D eigenvalue weighted by molar-refractivity contribution is 8.00. The predicted octanol–water partition coefficient (Wildman–Crippen LogP) is 4.04. The lowest BCUT2D eigenvalue weighted by atomic mass is 10.0. The molecule has 6 N–H and O–H groups in total. The average Bonchev–Trinajstić information content (AvgIpc) is 3.79. The Morgan fingerprint density at radius 2 is 1.83 bits per heavy atom. The molecule has 15 heteroatoms. The number of para-hydroxylation sites is 1. The van der Waals surface area contributed by atoms with E-state index in [9.17, 15) is 9.59 Å². The number of aromatic amines is 1. The van der Waals surface area contributed by atoms with Gasteiger partial charge in [-0.1, -0.05) is 24.6 Å². The van der Waals surface area contributed by atoms with E-state index >= 15 is 0 Å². The van der Waals surface area contributed by atoms with E-state index in [0.717, 1.165) is 47.2 Å². The van der Waals surface area contributed by atoms with Crippen molar-refractivity contribution in [1.82, 2.24) is 30.6 Å². The number of unbranched alkanes of at least 4 members (excludes halogenated alkanes) is 1. The zero-order valence-electron chi connectivity index (χ0n) is 25.7. The van der Waals surface area contributed by atoms with Gasteiger partial charge in [-0.15, -0.1) is 0 Å². The average molecular weight is 656 g/mol. The molecule has 3 fully saturated rings. The van der Waals surface area contributed by atoms with Crippen molar-refractivity contribution in [3.63, 3.8) is 0 Å². The topological polar surface area (TPSA) is 174 Å². The number of fused-ring (bicyclic) bond motifs is 2. The van der Waals surface area contributed by atoms with Crippen LogP contribution < -0.4 is 31.6 Å². The zero-order valence-corrected chi connectivity index (χ0v) is 26.6. The van der Waals surface area contributed by atoms with Gasteiger partial charge in [0.2, 0.25) is 23.8 Å². The maximum absolute atomic E-state index is 12.6. The summed E-state index contributed by atoms with van der Waals surface area (Å²) < 4.78 is 5.51. The summed E-state index contributed by atoms with van der Waals surface area (Å²) in [5, 5.41) is 18.1. The molecular formula is C32H37N11O3S. The minimum Gasteiger partial charge on any atom is -0.378 e. The third-order valence-electron chi connectivity index (χ3n) is 8.41. The summed E-state index contributed by atoms with van der Waals surface area (Å²) in [5.74, 6) is 2.12. The molecule has 4 aromatic rings. The number of H-pyrrole nitrogens is 1. The van der Waals surface area contributed by atoms with Crippen LogP contribution in [0.25, 0.3) is 10.9 Å². The Labute approximate surface area is 275 Å². The number of thioether (sulfide) groups is 1. The van der Waals surface area contributed by atoms with Gasteiger partial charge in [0, 0.05) is 64.6 Å². The molecule has 0 spiro atoms. The fraction of sp³-hybridized carbons (Fsp3) is 0.375. The number of urea groups is 1. The number of anilines is 5. The van der Waals surface area contributed by atoms with Gasteiger partial charge in [-0.05, 0) is 43.2 Å². The van der Waals surface area contributed by atoms with Crippen LogP contribution in [0.5, 0.6) is 0 Å². The van der Waals surface area contributed by atoms with Crippen molar-refractivity contribution in [1.29, 1.82) is 0 Å². The standard InChI is InChI=1S/C32H37N11O3S/c44-27(8-4-3-7-26-28-25(19-47-26)37-32(45)38-28)35-21-9-11-22(12-10-21)36-29-39-30(41-31(40-29)43-13-15-46-16-14-43)42-34-18-20-17-33-24-6-2-1-5-23(20)24/h1-2,5-6,9-12,17-18,25-26,28,33H,3-4,7-8,13-16,19H2,(H,35,44)(H2,37,38,45)(H2,36,39,40,41,42)/b34-18+. The highest BCUT2D eigenvalue weighted by Crippen LogP contribution is 2.33. The number of morpholine rings is 1. The Morgan fingerprint density at radius 1 is 1.02 bits per heavy atom. The summed E-state index contributed by atoms with van der Waals surface area (Å²) in [5.41, 5.74) is 6.42. The van der Waals surface area contributed by atoms with Crippen LogP contribution in [0.2, 0.25) is 0 Å². The molecule has 2 aromatic heterocycles. The van der Waals surface area contributed by atoms with Gasteiger partial charge in [0.15, 0.2) is 0 Å². The van der Waals surface area contributed by atoms with Crippen LogP contribution in [0.15, 0.2) is 59.8 Å². The maximum atomic E-state index is 12.6. The maximum Gasteiger partial charge on any atom is 0.315 e. The van der Waals surface area contributed by atoms with Gasteiger partial charge in [-0.3, -0.25) is 4.79 Å². The molecule has 0 radical (unpaired) electrons. The number of nitrogens with zero attached hydrogens (tertiary/aromatic N) is 5. The summed E-state index contributed by atoms with van der Waals surface area (Å²) in [4.78, 5) is 43.3. The van der Waals surface area contributed by atoms with E-state index in [0.29, 0.717) is 61.5 Å². The summed E-state index contributed by atoms with van der Waals surface area (Å²) in [6, 6.07) is 15.8. The Bertz CT molecular complexity index is 1740. The van der Waals surface area contributed by atoms with E-state index in [4.69, 9.17) is 4.74 Å². The van der Waals surface area contributed by atoms with E-state index in [1.807, 2.05) is 66.5 Å². The van der Waals surface area contributed by atoms with Crippen molar-refractivity contribution in [3.05, 3.63) is 60.3 Å². The van der Waals surface area contributed by atoms with Gasteiger partial charge in [0.25, 0.3) is 0 Å². The second kappa shape index (κ2) is 14.3. The van der Waals surface area contributed by atoms with Gasteiger partial charge >= 0.3 is 6.03 Å². The number of hydrazone groups is 1. The summed E-state index contributed by atoms with van der Waals surface area (Å²) in [6.45, 7) is 2.54. The van der Waals surface area contributed by atoms with Crippen molar-refractivity contribution >= 4 is 70.0 Å². The van der Waals surface area contributed by atoms with E-state index in [1.165, 1.54) is 0 Å². The van der Waals surface area contributed by atoms with Crippen LogP contribution >= 0.6 is 11.8 Å². The first-order valence-electron chi connectivity index (χ1n) is 15.9. The monoisotopic (exact) mass is 655 g/mol. The minimum absolute atomic E-state index is 0.0185. The molecule has 14 nitrogen and oxygen atoms in total. The predicted molar refractivity (Wildman–Crippen MR) is 185 cm³/mol. The van der Waals surface area contributed by atoms with Crippen LogP contribution in [-0.2, 0) is 9.53 Å². The molecule has 0 saturated carbocycles. The smallest absolute Gasteiger partial charge is 0.315 e. The first-order valence-corrected chi connectivity index (χ1v) is 16.9. The van der Waals surface area contributed by atoms with Gasteiger partial charge in [0.05, 0.1) is 31.5 Å². The summed E-state index contributed by atoms with van der Waals surface area (Å²) in [7, 11) is 0. The highest BCUT2D eigenvalue weighted by atomic mass is 32.2. The number of hydrogen-bond acceptors (Lipinski definition) is 11. The molecule has 3 aliphatic rings. The van der Waals surface area contributed by atoms with Crippen LogP contribution in [-0.4, -0.2) is 87.5 Å². The fourth-order valence-electron chi connectivity index (χ4n) is 6.00. The van der Waals surface area contributed by atoms with Crippen molar-refractivity contribution < 1.29 is 14.3 Å². The molecule has 244 valence electrons.